The van der Waals surface area contributed by atoms with E-state index in [2.05, 4.69) is 24.1 Å². The molecular weight excluding hydrogens is 247 g/mol. The molecule has 96 valence electrons. The van der Waals surface area contributed by atoms with Gasteiger partial charge in [-0.15, -0.1) is 11.3 Å². The topological polar surface area (TPSA) is 24.9 Å². The van der Waals surface area contributed by atoms with Crippen LogP contribution in [-0.4, -0.2) is 11.0 Å². The fourth-order valence-corrected chi connectivity index (χ4v) is 2.64. The molecule has 1 aromatic heterocycles. The Morgan fingerprint density at radius 1 is 1.39 bits per heavy atom. The lowest BCUT2D eigenvalue weighted by Gasteiger charge is -2.05. The van der Waals surface area contributed by atoms with Crippen LogP contribution < -0.4 is 5.32 Å². The molecule has 0 amide bonds. The molecule has 0 aliphatic heterocycles. The quantitative estimate of drug-likeness (QED) is 0.909. The van der Waals surface area contributed by atoms with Gasteiger partial charge in [-0.2, -0.15) is 0 Å². The molecule has 2 nitrogen and oxygen atoms in total. The fraction of sp³-hybridized carbons (Fsp3) is 0.357. The monoisotopic (exact) mass is 264 g/mol. The van der Waals surface area contributed by atoms with Crippen LogP contribution in [0.2, 0.25) is 0 Å². The van der Waals surface area contributed by atoms with Gasteiger partial charge >= 0.3 is 0 Å². The summed E-state index contributed by atoms with van der Waals surface area (Å²) in [6, 6.07) is 5.28. The first-order valence-corrected chi connectivity index (χ1v) is 6.82. The molecule has 1 heterocycles. The Balaban J connectivity index is 2.18. The highest BCUT2D eigenvalue weighted by Crippen LogP contribution is 2.28. The first-order chi connectivity index (χ1) is 8.56. The van der Waals surface area contributed by atoms with Crippen LogP contribution in [0.3, 0.4) is 0 Å². The van der Waals surface area contributed by atoms with Crippen molar-refractivity contribution in [2.45, 2.75) is 33.4 Å². The Morgan fingerprint density at radius 3 is 2.83 bits per heavy atom. The van der Waals surface area contributed by atoms with E-state index in [4.69, 9.17) is 0 Å². The van der Waals surface area contributed by atoms with Gasteiger partial charge < -0.3 is 5.32 Å². The van der Waals surface area contributed by atoms with Crippen molar-refractivity contribution in [3.05, 3.63) is 40.7 Å². The van der Waals surface area contributed by atoms with Crippen LogP contribution in [-0.2, 0) is 6.54 Å². The average Bonchev–Trinajstić information content (AvgIpc) is 2.75. The minimum Gasteiger partial charge on any atom is -0.310 e. The Labute approximate surface area is 111 Å². The maximum absolute atomic E-state index is 13.1. The van der Waals surface area contributed by atoms with Crippen LogP contribution >= 0.6 is 11.3 Å². The van der Waals surface area contributed by atoms with Crippen LogP contribution in [0.25, 0.3) is 10.6 Å². The van der Waals surface area contributed by atoms with Crippen molar-refractivity contribution in [3.63, 3.8) is 0 Å². The Morgan fingerprint density at radius 2 is 2.17 bits per heavy atom. The molecule has 0 fully saturated rings. The summed E-state index contributed by atoms with van der Waals surface area (Å²) in [7, 11) is 0. The number of benzene rings is 1. The molecule has 1 N–H and O–H groups in total. The average molecular weight is 264 g/mol. The summed E-state index contributed by atoms with van der Waals surface area (Å²) in [5.74, 6) is -0.200. The van der Waals surface area contributed by atoms with Gasteiger partial charge in [0.25, 0.3) is 0 Å². The van der Waals surface area contributed by atoms with Gasteiger partial charge in [-0.05, 0) is 30.7 Å². The van der Waals surface area contributed by atoms with Gasteiger partial charge in [0.2, 0.25) is 0 Å². The van der Waals surface area contributed by atoms with E-state index in [1.165, 1.54) is 10.9 Å². The third-order valence-corrected chi connectivity index (χ3v) is 3.69. The molecule has 0 aliphatic rings. The van der Waals surface area contributed by atoms with Gasteiger partial charge in [0.1, 0.15) is 10.8 Å². The molecule has 2 rings (SSSR count). The smallest absolute Gasteiger partial charge is 0.123 e. The Bertz CT molecular complexity index is 534. The number of thiazole rings is 1. The Kier molecular flexibility index (Phi) is 4.09. The molecule has 0 bridgehead atoms. The number of halogens is 1. The van der Waals surface area contributed by atoms with Crippen molar-refractivity contribution in [1.82, 2.24) is 10.3 Å². The first kappa shape index (κ1) is 13.2. The zero-order chi connectivity index (χ0) is 13.1. The van der Waals surface area contributed by atoms with Gasteiger partial charge in [-0.3, -0.25) is 0 Å². The Hall–Kier alpha value is -1.26. The van der Waals surface area contributed by atoms with Crippen LogP contribution in [0.4, 0.5) is 4.39 Å². The van der Waals surface area contributed by atoms with E-state index in [9.17, 15) is 4.39 Å². The van der Waals surface area contributed by atoms with Crippen molar-refractivity contribution >= 4 is 11.3 Å². The van der Waals surface area contributed by atoms with Crippen LogP contribution in [0.1, 0.15) is 24.3 Å². The maximum Gasteiger partial charge on any atom is 0.123 e. The zero-order valence-electron chi connectivity index (χ0n) is 10.8. The highest BCUT2D eigenvalue weighted by atomic mass is 32.1. The zero-order valence-corrected chi connectivity index (χ0v) is 11.6. The van der Waals surface area contributed by atoms with Gasteiger partial charge in [0.05, 0.1) is 0 Å². The molecule has 0 saturated carbocycles. The largest absolute Gasteiger partial charge is 0.310 e. The normalized spacial score (nSPS) is 11.2. The molecule has 0 spiro atoms. The molecule has 0 aliphatic carbocycles. The van der Waals surface area contributed by atoms with Crippen molar-refractivity contribution in [3.8, 4) is 10.6 Å². The first-order valence-electron chi connectivity index (χ1n) is 6.01. The van der Waals surface area contributed by atoms with E-state index >= 15 is 0 Å². The summed E-state index contributed by atoms with van der Waals surface area (Å²) in [6.45, 7) is 6.97. The summed E-state index contributed by atoms with van der Waals surface area (Å²) in [6.07, 6.45) is 1.89. The molecule has 18 heavy (non-hydrogen) atoms. The lowest BCUT2D eigenvalue weighted by Crippen LogP contribution is -2.21. The fourth-order valence-electron chi connectivity index (χ4n) is 1.69. The summed E-state index contributed by atoms with van der Waals surface area (Å²) in [5, 5.41) is 4.31. The molecule has 1 aromatic carbocycles. The molecular formula is C14H17FN2S. The second kappa shape index (κ2) is 5.59. The summed E-state index contributed by atoms with van der Waals surface area (Å²) in [4.78, 5) is 5.61. The molecule has 0 radical (unpaired) electrons. The van der Waals surface area contributed by atoms with E-state index in [1.807, 2.05) is 13.1 Å². The second-order valence-corrected chi connectivity index (χ2v) is 5.74. The third kappa shape index (κ3) is 3.15. The second-order valence-electron chi connectivity index (χ2n) is 4.63. The van der Waals surface area contributed by atoms with Crippen molar-refractivity contribution in [2.24, 2.45) is 0 Å². The van der Waals surface area contributed by atoms with Crippen LogP contribution in [0.15, 0.2) is 24.4 Å². The maximum atomic E-state index is 13.1. The minimum atomic E-state index is -0.200. The number of rotatable bonds is 4. The van der Waals surface area contributed by atoms with Gasteiger partial charge in [-0.25, -0.2) is 9.37 Å². The molecule has 0 unspecified atom stereocenters. The summed E-state index contributed by atoms with van der Waals surface area (Å²) in [5.41, 5.74) is 1.94. The van der Waals surface area contributed by atoms with E-state index in [0.717, 1.165) is 22.7 Å². The van der Waals surface area contributed by atoms with Gasteiger partial charge in [0.15, 0.2) is 0 Å². The molecule has 2 aromatic rings. The van der Waals surface area contributed by atoms with Crippen molar-refractivity contribution in [1.29, 1.82) is 0 Å². The van der Waals surface area contributed by atoms with E-state index in [-0.39, 0.29) is 5.82 Å². The van der Waals surface area contributed by atoms with Crippen LogP contribution in [0.5, 0.6) is 0 Å². The lowest BCUT2D eigenvalue weighted by atomic mass is 10.1. The molecule has 0 saturated heterocycles. The van der Waals surface area contributed by atoms with Gasteiger partial charge in [0, 0.05) is 29.2 Å². The summed E-state index contributed by atoms with van der Waals surface area (Å²) < 4.78 is 13.1. The number of hydrogen-bond acceptors (Lipinski definition) is 3. The lowest BCUT2D eigenvalue weighted by molar-refractivity contribution is 0.593. The van der Waals surface area contributed by atoms with Crippen molar-refractivity contribution in [2.75, 3.05) is 0 Å². The SMILES string of the molecule is Cc1cc(F)ccc1-c1ncc(CNC(C)C)s1. The minimum absolute atomic E-state index is 0.200. The predicted octanol–water partition coefficient (Wildman–Crippen LogP) is 3.76. The van der Waals surface area contributed by atoms with E-state index in [1.54, 1.807) is 23.5 Å². The highest BCUT2D eigenvalue weighted by molar-refractivity contribution is 7.15. The number of aryl methyl sites for hydroxylation is 1. The number of nitrogens with zero attached hydrogens (tertiary/aromatic N) is 1. The number of aromatic nitrogens is 1. The number of hydrogen-bond donors (Lipinski definition) is 1. The highest BCUT2D eigenvalue weighted by Gasteiger charge is 2.08. The van der Waals surface area contributed by atoms with E-state index < -0.39 is 0 Å². The van der Waals surface area contributed by atoms with Crippen molar-refractivity contribution < 1.29 is 4.39 Å². The van der Waals surface area contributed by atoms with E-state index in [0.29, 0.717) is 6.04 Å². The summed E-state index contributed by atoms with van der Waals surface area (Å²) >= 11 is 1.65. The standard InChI is InChI=1S/C14H17FN2S/c1-9(2)16-7-12-8-17-14(18-12)13-5-4-11(15)6-10(13)3/h4-6,8-9,16H,7H2,1-3H3. The number of nitrogens with one attached hydrogen (secondary N) is 1. The van der Waals surface area contributed by atoms with Gasteiger partial charge in [-0.1, -0.05) is 13.8 Å². The third-order valence-electron chi connectivity index (χ3n) is 2.66. The predicted molar refractivity (Wildman–Crippen MR) is 74.2 cm³/mol. The van der Waals surface area contributed by atoms with Crippen LogP contribution in [0, 0.1) is 12.7 Å². The molecule has 0 atom stereocenters. The molecule has 4 heteroatoms.